The summed E-state index contributed by atoms with van der Waals surface area (Å²) >= 11 is 2.08. The number of nitrogens with zero attached hydrogens (tertiary/aromatic N) is 3. The summed E-state index contributed by atoms with van der Waals surface area (Å²) < 4.78 is 0. The maximum atomic E-state index is 4.48. The lowest BCUT2D eigenvalue weighted by Crippen LogP contribution is -2.38. The Morgan fingerprint density at radius 2 is 2.28 bits per heavy atom. The van der Waals surface area contributed by atoms with Crippen LogP contribution >= 0.6 is 11.8 Å². The topological polar surface area (TPSA) is 41.1 Å². The summed E-state index contributed by atoms with van der Waals surface area (Å²) in [5.74, 6) is 3.26. The minimum Gasteiger partial charge on any atom is -0.370 e. The van der Waals surface area contributed by atoms with Gasteiger partial charge in [0.25, 0.3) is 0 Å². The van der Waals surface area contributed by atoms with E-state index in [2.05, 4.69) is 52.7 Å². The second-order valence-electron chi connectivity index (χ2n) is 4.55. The average molecular weight is 266 g/mol. The smallest absolute Gasteiger partial charge is 0.137 e. The summed E-state index contributed by atoms with van der Waals surface area (Å²) in [6.45, 7) is 9.54. The Bertz CT molecular complexity index is 397. The van der Waals surface area contributed by atoms with Gasteiger partial charge in [0.1, 0.15) is 18.0 Å². The highest BCUT2D eigenvalue weighted by Crippen LogP contribution is 2.28. The van der Waals surface area contributed by atoms with E-state index >= 15 is 0 Å². The Hall–Kier alpha value is -0.970. The first-order valence-corrected chi connectivity index (χ1v) is 7.73. The molecule has 0 spiro atoms. The number of hydrogen-bond donors (Lipinski definition) is 1. The van der Waals surface area contributed by atoms with Gasteiger partial charge < -0.3 is 10.2 Å². The van der Waals surface area contributed by atoms with E-state index in [0.29, 0.717) is 0 Å². The molecule has 1 N–H and O–H groups in total. The molecular formula is C13H22N4S. The molecule has 0 aromatic carbocycles. The zero-order chi connectivity index (χ0) is 13.0. The maximum absolute atomic E-state index is 4.48. The lowest BCUT2D eigenvalue weighted by atomic mass is 10.2. The third kappa shape index (κ3) is 2.88. The van der Waals surface area contributed by atoms with Gasteiger partial charge in [-0.2, -0.15) is 11.8 Å². The predicted octanol–water partition coefficient (Wildman–Crippen LogP) is 2.55. The second kappa shape index (κ2) is 6.27. The van der Waals surface area contributed by atoms with Crippen LogP contribution in [-0.2, 0) is 0 Å². The van der Waals surface area contributed by atoms with Gasteiger partial charge in [0, 0.05) is 36.2 Å². The van der Waals surface area contributed by atoms with Crippen LogP contribution in [0.4, 0.5) is 11.6 Å². The largest absolute Gasteiger partial charge is 0.370 e. The Morgan fingerprint density at radius 1 is 1.44 bits per heavy atom. The first-order chi connectivity index (χ1) is 8.76. The zero-order valence-corrected chi connectivity index (χ0v) is 12.3. The van der Waals surface area contributed by atoms with Crippen molar-refractivity contribution in [2.75, 3.05) is 35.6 Å². The minimum absolute atomic E-state index is 0.732. The van der Waals surface area contributed by atoms with Crippen molar-refractivity contribution in [1.29, 1.82) is 0 Å². The molecule has 1 saturated heterocycles. The number of thioether (sulfide) groups is 1. The van der Waals surface area contributed by atoms with Crippen molar-refractivity contribution in [3.8, 4) is 0 Å². The van der Waals surface area contributed by atoms with Gasteiger partial charge in [-0.3, -0.25) is 0 Å². The van der Waals surface area contributed by atoms with E-state index in [-0.39, 0.29) is 0 Å². The Morgan fingerprint density at radius 3 is 3.00 bits per heavy atom. The van der Waals surface area contributed by atoms with Crippen LogP contribution in [0.3, 0.4) is 0 Å². The third-order valence-electron chi connectivity index (χ3n) is 3.30. The summed E-state index contributed by atoms with van der Waals surface area (Å²) in [6.07, 6.45) is 2.90. The van der Waals surface area contributed by atoms with Gasteiger partial charge in [0.15, 0.2) is 0 Å². The fourth-order valence-corrected chi connectivity index (χ4v) is 3.44. The molecule has 1 aliphatic heterocycles. The molecule has 0 aliphatic carbocycles. The van der Waals surface area contributed by atoms with Crippen molar-refractivity contribution < 1.29 is 0 Å². The number of aromatic nitrogens is 2. The van der Waals surface area contributed by atoms with Crippen LogP contribution in [0.5, 0.6) is 0 Å². The highest BCUT2D eigenvalue weighted by molar-refractivity contribution is 8.00. The number of rotatable bonds is 4. The molecule has 2 rings (SSSR count). The number of nitrogens with one attached hydrogen (secondary N) is 1. The van der Waals surface area contributed by atoms with Crippen molar-refractivity contribution in [2.24, 2.45) is 0 Å². The van der Waals surface area contributed by atoms with Crippen LogP contribution in [0, 0.1) is 6.92 Å². The molecule has 1 atom stereocenters. The van der Waals surface area contributed by atoms with E-state index in [4.69, 9.17) is 0 Å². The van der Waals surface area contributed by atoms with Crippen molar-refractivity contribution in [2.45, 2.75) is 32.4 Å². The molecule has 1 aromatic heterocycles. The highest BCUT2D eigenvalue weighted by atomic mass is 32.2. The Labute approximate surface area is 114 Å². The fourth-order valence-electron chi connectivity index (χ4n) is 2.26. The molecular weight excluding hydrogens is 244 g/mol. The van der Waals surface area contributed by atoms with Crippen LogP contribution in [0.2, 0.25) is 0 Å². The van der Waals surface area contributed by atoms with Crippen molar-refractivity contribution in [1.82, 2.24) is 9.97 Å². The molecule has 100 valence electrons. The molecule has 18 heavy (non-hydrogen) atoms. The highest BCUT2D eigenvalue weighted by Gasteiger charge is 2.22. The summed E-state index contributed by atoms with van der Waals surface area (Å²) in [5, 5.41) is 4.03. The van der Waals surface area contributed by atoms with Crippen LogP contribution in [-0.4, -0.2) is 40.6 Å². The van der Waals surface area contributed by atoms with Crippen molar-refractivity contribution in [3.63, 3.8) is 0 Å². The third-order valence-corrected chi connectivity index (χ3v) is 4.67. The summed E-state index contributed by atoms with van der Waals surface area (Å²) in [5.41, 5.74) is 1.17. The molecule has 2 heterocycles. The normalized spacial score (nSPS) is 19.9. The molecule has 1 aromatic rings. The van der Waals surface area contributed by atoms with E-state index in [1.54, 1.807) is 6.33 Å². The molecule has 1 fully saturated rings. The lowest BCUT2D eigenvalue weighted by Gasteiger charge is -2.33. The van der Waals surface area contributed by atoms with E-state index in [1.165, 1.54) is 17.7 Å². The van der Waals surface area contributed by atoms with Crippen molar-refractivity contribution >= 4 is 23.4 Å². The molecule has 0 bridgehead atoms. The van der Waals surface area contributed by atoms with E-state index in [0.717, 1.165) is 36.5 Å². The van der Waals surface area contributed by atoms with Gasteiger partial charge >= 0.3 is 0 Å². The lowest BCUT2D eigenvalue weighted by molar-refractivity contribution is 0.716. The van der Waals surface area contributed by atoms with Crippen LogP contribution in [0.25, 0.3) is 0 Å². The monoisotopic (exact) mass is 266 g/mol. The number of hydrogen-bond acceptors (Lipinski definition) is 5. The fraction of sp³-hybridized carbons (Fsp3) is 0.692. The summed E-state index contributed by atoms with van der Waals surface area (Å²) in [7, 11) is 0. The molecule has 0 amide bonds. The van der Waals surface area contributed by atoms with Gasteiger partial charge in [-0.05, 0) is 20.3 Å². The van der Waals surface area contributed by atoms with Crippen molar-refractivity contribution in [3.05, 3.63) is 11.9 Å². The maximum Gasteiger partial charge on any atom is 0.137 e. The van der Waals surface area contributed by atoms with Crippen LogP contribution in [0.15, 0.2) is 6.33 Å². The summed E-state index contributed by atoms with van der Waals surface area (Å²) in [4.78, 5) is 11.2. The van der Waals surface area contributed by atoms with Gasteiger partial charge in [-0.25, -0.2) is 9.97 Å². The molecule has 4 nitrogen and oxygen atoms in total. The molecule has 0 saturated carbocycles. The first-order valence-electron chi connectivity index (χ1n) is 6.68. The Kier molecular flexibility index (Phi) is 4.69. The summed E-state index contributed by atoms with van der Waals surface area (Å²) in [6, 6.07) is 0. The molecule has 1 unspecified atom stereocenters. The predicted molar refractivity (Wildman–Crippen MR) is 79.7 cm³/mol. The zero-order valence-electron chi connectivity index (χ0n) is 11.4. The second-order valence-corrected chi connectivity index (χ2v) is 5.96. The molecule has 5 heteroatoms. The van der Waals surface area contributed by atoms with Gasteiger partial charge in [0.2, 0.25) is 0 Å². The van der Waals surface area contributed by atoms with Gasteiger partial charge in [0.05, 0.1) is 0 Å². The van der Waals surface area contributed by atoms with E-state index in [9.17, 15) is 0 Å². The quantitative estimate of drug-likeness (QED) is 0.907. The van der Waals surface area contributed by atoms with Crippen LogP contribution in [0.1, 0.15) is 25.8 Å². The minimum atomic E-state index is 0.732. The van der Waals surface area contributed by atoms with Gasteiger partial charge in [-0.15, -0.1) is 0 Å². The standard InChI is InChI=1S/C13H22N4S/c1-4-11-8-17(6-7-18-11)13-10(3)12(14-5-2)15-9-16-13/h9,11H,4-8H2,1-3H3,(H,14,15,16). The van der Waals surface area contributed by atoms with Gasteiger partial charge in [-0.1, -0.05) is 6.92 Å². The molecule has 0 radical (unpaired) electrons. The Balaban J connectivity index is 2.19. The molecule has 1 aliphatic rings. The average Bonchev–Trinajstić information content (AvgIpc) is 2.41. The van der Waals surface area contributed by atoms with E-state index < -0.39 is 0 Å². The SMILES string of the molecule is CCNc1ncnc(N2CCSC(CC)C2)c1C. The number of anilines is 2. The first kappa shape index (κ1) is 13.5. The van der Waals surface area contributed by atoms with Crippen LogP contribution < -0.4 is 10.2 Å². The van der Waals surface area contributed by atoms with E-state index in [1.807, 2.05) is 0 Å².